The average Bonchev–Trinajstić information content (AvgIpc) is 3.00. The van der Waals surface area contributed by atoms with Crippen molar-refractivity contribution in [3.8, 4) is 22.9 Å². The summed E-state index contributed by atoms with van der Waals surface area (Å²) in [4.78, 5) is 30.7. The molecule has 0 unspecified atom stereocenters. The second-order valence-corrected chi connectivity index (χ2v) is 10.5. The molecule has 0 fully saturated rings. The lowest BCUT2D eigenvalue weighted by atomic mass is 10.2. The van der Waals surface area contributed by atoms with Crippen LogP contribution in [0, 0.1) is 0 Å². The summed E-state index contributed by atoms with van der Waals surface area (Å²) in [6.45, 7) is 1.81. The molecule has 0 saturated heterocycles. The molecule has 8 nitrogen and oxygen atoms in total. The number of halogens is 3. The predicted octanol–water partition coefficient (Wildman–Crippen LogP) is 7.43. The summed E-state index contributed by atoms with van der Waals surface area (Å²) in [6, 6.07) is 24.8. The van der Waals surface area contributed by atoms with Gasteiger partial charge in [-0.1, -0.05) is 65.7 Å². The largest absolute Gasteiger partial charge is 0.490 e. The minimum absolute atomic E-state index is 0.175. The molecule has 5 aromatic rings. The molecule has 11 heteroatoms. The first-order valence-corrected chi connectivity index (χ1v) is 14.3. The summed E-state index contributed by atoms with van der Waals surface area (Å²) in [6.07, 6.45) is 1.49. The maximum absolute atomic E-state index is 13.5. The van der Waals surface area contributed by atoms with Gasteiger partial charge in [0.05, 0.1) is 23.7 Å². The fourth-order valence-corrected chi connectivity index (χ4v) is 4.87. The molecule has 42 heavy (non-hydrogen) atoms. The van der Waals surface area contributed by atoms with Gasteiger partial charge in [-0.15, -0.1) is 0 Å². The molecule has 4 aromatic carbocycles. The van der Waals surface area contributed by atoms with Gasteiger partial charge in [-0.05, 0) is 65.3 Å². The molecule has 5 rings (SSSR count). The molecule has 0 aliphatic rings. The minimum Gasteiger partial charge on any atom is -0.490 e. The van der Waals surface area contributed by atoms with E-state index in [1.54, 1.807) is 48.5 Å². The van der Waals surface area contributed by atoms with Gasteiger partial charge in [-0.3, -0.25) is 9.59 Å². The zero-order valence-corrected chi connectivity index (χ0v) is 25.3. The smallest absolute Gasteiger partial charge is 0.282 e. The van der Waals surface area contributed by atoms with E-state index < -0.39 is 5.91 Å². The summed E-state index contributed by atoms with van der Waals surface area (Å²) in [5.74, 6) is 0.477. The highest BCUT2D eigenvalue weighted by Gasteiger charge is 2.19. The number of hydrogen-bond donors (Lipinski definition) is 1. The fraction of sp³-hybridized carbons (Fsp3) is 0.0968. The molecule has 0 radical (unpaired) electrons. The number of hydrogen-bond acceptors (Lipinski definition) is 6. The third-order valence-corrected chi connectivity index (χ3v) is 7.72. The molecular formula is C31H23BrCl2N4O4. The molecule has 0 aliphatic carbocycles. The van der Waals surface area contributed by atoms with Crippen molar-refractivity contribution in [2.75, 3.05) is 18.5 Å². The number of carbonyl (C=O) groups is 1. The van der Waals surface area contributed by atoms with Crippen molar-refractivity contribution in [2.24, 2.45) is 5.10 Å². The average molecular weight is 666 g/mol. The zero-order valence-electron chi connectivity index (χ0n) is 22.2. The second-order valence-electron chi connectivity index (χ2n) is 8.88. The molecule has 0 bridgehead atoms. The summed E-state index contributed by atoms with van der Waals surface area (Å²) < 4.78 is 13.3. The monoisotopic (exact) mass is 664 g/mol. The van der Waals surface area contributed by atoms with Crippen LogP contribution < -0.4 is 20.3 Å². The van der Waals surface area contributed by atoms with Crippen LogP contribution in [0.25, 0.3) is 22.3 Å². The second kappa shape index (κ2) is 13.2. The zero-order chi connectivity index (χ0) is 29.6. The van der Waals surface area contributed by atoms with E-state index in [2.05, 4.69) is 26.3 Å². The summed E-state index contributed by atoms with van der Waals surface area (Å²) in [7, 11) is 0. The number of anilines is 1. The van der Waals surface area contributed by atoms with Crippen LogP contribution in [-0.4, -0.2) is 35.0 Å². The van der Waals surface area contributed by atoms with Crippen LogP contribution in [0.1, 0.15) is 12.5 Å². The maximum Gasteiger partial charge on any atom is 0.282 e. The van der Waals surface area contributed by atoms with Gasteiger partial charge < -0.3 is 14.8 Å². The first-order valence-electron chi connectivity index (χ1n) is 12.8. The minimum atomic E-state index is -0.394. The van der Waals surface area contributed by atoms with Crippen molar-refractivity contribution in [3.05, 3.63) is 115 Å². The molecule has 0 aliphatic heterocycles. The van der Waals surface area contributed by atoms with Gasteiger partial charge in [-0.2, -0.15) is 9.78 Å². The molecule has 1 heterocycles. The number of rotatable bonds is 9. The van der Waals surface area contributed by atoms with Crippen molar-refractivity contribution in [2.45, 2.75) is 6.92 Å². The third kappa shape index (κ3) is 6.49. The van der Waals surface area contributed by atoms with E-state index in [1.165, 1.54) is 10.9 Å². The molecule has 212 valence electrons. The number of nitrogens with zero attached hydrogens (tertiary/aromatic N) is 3. The number of nitrogens with one attached hydrogen (secondary N) is 1. The van der Waals surface area contributed by atoms with Crippen LogP contribution in [0.3, 0.4) is 0 Å². The van der Waals surface area contributed by atoms with Crippen LogP contribution in [0.4, 0.5) is 5.69 Å². The van der Waals surface area contributed by atoms with Crippen molar-refractivity contribution in [1.29, 1.82) is 0 Å². The Bertz CT molecular complexity index is 1850. The van der Waals surface area contributed by atoms with Gasteiger partial charge >= 0.3 is 0 Å². The number of fused-ring (bicyclic) bond motifs is 1. The van der Waals surface area contributed by atoms with Crippen LogP contribution >= 0.6 is 39.1 Å². The molecule has 0 spiro atoms. The van der Waals surface area contributed by atoms with E-state index in [4.69, 9.17) is 37.7 Å². The van der Waals surface area contributed by atoms with E-state index in [0.717, 1.165) is 5.56 Å². The Morgan fingerprint density at radius 2 is 1.74 bits per heavy atom. The summed E-state index contributed by atoms with van der Waals surface area (Å²) in [5, 5.41) is 8.42. The highest BCUT2D eigenvalue weighted by molar-refractivity contribution is 9.10. The standard InChI is InChI=1S/C31H23BrCl2N4O4/c1-2-41-25-16-20(27(32)28(34)29(25)42-18-26(39)36-22-14-12-21(33)13-15-22)17-35-38-30(19-8-4-3-5-9-19)37-24-11-7-6-10-23(24)31(38)40/h3-17H,2,18H2,1H3,(H,36,39). The van der Waals surface area contributed by atoms with Crippen molar-refractivity contribution < 1.29 is 14.3 Å². The van der Waals surface area contributed by atoms with E-state index in [0.29, 0.717) is 49.8 Å². The molecular weight excluding hydrogens is 643 g/mol. The van der Waals surface area contributed by atoms with Crippen molar-refractivity contribution in [3.63, 3.8) is 0 Å². The van der Waals surface area contributed by atoms with Crippen molar-refractivity contribution in [1.82, 2.24) is 9.66 Å². The van der Waals surface area contributed by atoms with E-state index in [-0.39, 0.29) is 22.9 Å². The molecule has 1 amide bonds. The van der Waals surface area contributed by atoms with Crippen molar-refractivity contribution >= 4 is 67.8 Å². The molecule has 0 atom stereocenters. The first kappa shape index (κ1) is 29.3. The topological polar surface area (TPSA) is 94.8 Å². The summed E-state index contributed by atoms with van der Waals surface area (Å²) in [5.41, 5.74) is 2.06. The highest BCUT2D eigenvalue weighted by Crippen LogP contribution is 2.42. The maximum atomic E-state index is 13.5. The van der Waals surface area contributed by atoms with Gasteiger partial charge in [0, 0.05) is 26.3 Å². The Morgan fingerprint density at radius 1 is 1.02 bits per heavy atom. The normalized spacial score (nSPS) is 11.1. The third-order valence-electron chi connectivity index (χ3n) is 6.03. The number of carbonyl (C=O) groups excluding carboxylic acids is 1. The lowest BCUT2D eigenvalue weighted by Gasteiger charge is -2.16. The number of para-hydroxylation sites is 1. The van der Waals surface area contributed by atoms with E-state index in [1.807, 2.05) is 43.3 Å². The molecule has 1 N–H and O–H groups in total. The lowest BCUT2D eigenvalue weighted by Crippen LogP contribution is -2.21. The van der Waals surface area contributed by atoms with Gasteiger partial charge in [-0.25, -0.2) is 4.98 Å². The van der Waals surface area contributed by atoms with Crippen LogP contribution in [0.15, 0.2) is 99.3 Å². The summed E-state index contributed by atoms with van der Waals surface area (Å²) >= 11 is 16.1. The Kier molecular flexibility index (Phi) is 9.22. The SMILES string of the molecule is CCOc1cc(C=Nn2c(-c3ccccc3)nc3ccccc3c2=O)c(Br)c(Cl)c1OCC(=O)Nc1ccc(Cl)cc1. The quantitative estimate of drug-likeness (QED) is 0.165. The lowest BCUT2D eigenvalue weighted by molar-refractivity contribution is -0.118. The number of amides is 1. The van der Waals surface area contributed by atoms with Crippen LogP contribution in [0.5, 0.6) is 11.5 Å². The molecule has 0 saturated carbocycles. The van der Waals surface area contributed by atoms with Crippen LogP contribution in [-0.2, 0) is 4.79 Å². The Labute approximate surface area is 259 Å². The fourth-order valence-electron chi connectivity index (χ4n) is 4.09. The number of ether oxygens (including phenoxy) is 2. The number of aromatic nitrogens is 2. The number of benzene rings is 4. The van der Waals surface area contributed by atoms with E-state index >= 15 is 0 Å². The predicted molar refractivity (Wildman–Crippen MR) is 170 cm³/mol. The van der Waals surface area contributed by atoms with E-state index in [9.17, 15) is 9.59 Å². The van der Waals surface area contributed by atoms with Gasteiger partial charge in [0.15, 0.2) is 23.9 Å². The molecule has 1 aromatic heterocycles. The van der Waals surface area contributed by atoms with Crippen LogP contribution in [0.2, 0.25) is 10.0 Å². The van der Waals surface area contributed by atoms with Gasteiger partial charge in [0.2, 0.25) is 0 Å². The van der Waals surface area contributed by atoms with Gasteiger partial charge in [0.1, 0.15) is 5.02 Å². The Morgan fingerprint density at radius 3 is 2.48 bits per heavy atom. The Balaban J connectivity index is 1.48. The highest BCUT2D eigenvalue weighted by atomic mass is 79.9. The Hall–Kier alpha value is -4.18. The van der Waals surface area contributed by atoms with Gasteiger partial charge in [0.25, 0.3) is 11.5 Å². The first-order chi connectivity index (χ1) is 20.4.